The highest BCUT2D eigenvalue weighted by Crippen LogP contribution is 2.40. The van der Waals surface area contributed by atoms with E-state index in [4.69, 9.17) is 4.74 Å². The van der Waals surface area contributed by atoms with Crippen molar-refractivity contribution < 1.29 is 18.7 Å². The Labute approximate surface area is 179 Å². The molecule has 3 aromatic rings. The van der Waals surface area contributed by atoms with Gasteiger partial charge in [-0.2, -0.15) is 0 Å². The second kappa shape index (κ2) is 9.67. The molecule has 1 N–H and O–H groups in total. The predicted molar refractivity (Wildman–Crippen MR) is 119 cm³/mol. The highest BCUT2D eigenvalue weighted by atomic mass is 32.1. The summed E-state index contributed by atoms with van der Waals surface area (Å²) in [5, 5.41) is 3.34. The number of hydrogen-bond acceptors (Lipinski definition) is 4. The number of ether oxygens (including phenoxy) is 1. The number of halogens is 1. The molecule has 0 atom stereocenters. The number of carbonyl (C=O) groups excluding carboxylic acids is 2. The fraction of sp³-hybridized carbons (Fsp3) is 0.250. The van der Waals surface area contributed by atoms with Gasteiger partial charge in [-0.25, -0.2) is 9.18 Å². The van der Waals surface area contributed by atoms with E-state index in [1.165, 1.54) is 29.0 Å². The van der Waals surface area contributed by atoms with Crippen molar-refractivity contribution in [1.82, 2.24) is 0 Å². The Morgan fingerprint density at radius 3 is 2.33 bits per heavy atom. The number of thiophene rings is 1. The fourth-order valence-electron chi connectivity index (χ4n) is 3.20. The van der Waals surface area contributed by atoms with E-state index in [0.717, 1.165) is 10.4 Å². The molecule has 2 aromatic carbocycles. The maximum atomic E-state index is 13.4. The molecule has 1 amide bonds. The maximum absolute atomic E-state index is 13.4. The molecule has 156 valence electrons. The second-order valence-electron chi connectivity index (χ2n) is 7.00. The summed E-state index contributed by atoms with van der Waals surface area (Å²) in [5.74, 6) is -1.03. The molecule has 1 aromatic heterocycles. The molecular formula is C24H24FNO3S. The average Bonchev–Trinajstić information content (AvgIpc) is 3.04. The highest BCUT2D eigenvalue weighted by Gasteiger charge is 2.25. The first-order chi connectivity index (χ1) is 14.4. The van der Waals surface area contributed by atoms with E-state index in [0.29, 0.717) is 34.5 Å². The fourth-order valence-corrected chi connectivity index (χ4v) is 4.28. The Balaban J connectivity index is 1.85. The summed E-state index contributed by atoms with van der Waals surface area (Å²) in [6.07, 6.45) is 0.907. The number of amides is 1. The molecule has 3 rings (SSSR count). The monoisotopic (exact) mass is 425 g/mol. The first kappa shape index (κ1) is 21.7. The first-order valence-electron chi connectivity index (χ1n) is 9.81. The molecule has 0 unspecified atom stereocenters. The third kappa shape index (κ3) is 5.13. The lowest BCUT2D eigenvalue weighted by Crippen LogP contribution is -2.15. The molecule has 0 aliphatic carbocycles. The van der Waals surface area contributed by atoms with Crippen LogP contribution in [0.15, 0.2) is 48.5 Å². The molecule has 0 fully saturated rings. The summed E-state index contributed by atoms with van der Waals surface area (Å²) in [5.41, 5.74) is 3.93. The van der Waals surface area contributed by atoms with Crippen molar-refractivity contribution in [2.24, 2.45) is 0 Å². The minimum Gasteiger partial charge on any atom is -0.462 e. The van der Waals surface area contributed by atoms with Gasteiger partial charge in [0, 0.05) is 16.9 Å². The Hall–Kier alpha value is -2.99. The molecule has 4 nitrogen and oxygen atoms in total. The Bertz CT molecular complexity index is 1040. The lowest BCUT2D eigenvalue weighted by molar-refractivity contribution is -0.116. The van der Waals surface area contributed by atoms with Gasteiger partial charge in [-0.15, -0.1) is 11.3 Å². The van der Waals surface area contributed by atoms with Crippen LogP contribution in [0.3, 0.4) is 0 Å². The molecule has 0 saturated heterocycles. The zero-order valence-electron chi connectivity index (χ0n) is 17.3. The summed E-state index contributed by atoms with van der Waals surface area (Å²) in [6.45, 7) is 5.84. The van der Waals surface area contributed by atoms with Gasteiger partial charge in [-0.1, -0.05) is 42.0 Å². The van der Waals surface area contributed by atoms with Crippen molar-refractivity contribution in [3.63, 3.8) is 0 Å². The summed E-state index contributed by atoms with van der Waals surface area (Å²) in [7, 11) is 0. The summed E-state index contributed by atoms with van der Waals surface area (Å²) < 4.78 is 18.6. The maximum Gasteiger partial charge on any atom is 0.341 e. The number of aryl methyl sites for hydroxylation is 3. The molecule has 0 spiro atoms. The second-order valence-corrected chi connectivity index (χ2v) is 8.22. The number of carbonyl (C=O) groups is 2. The molecule has 0 saturated carbocycles. The van der Waals surface area contributed by atoms with Crippen molar-refractivity contribution >= 4 is 28.2 Å². The largest absolute Gasteiger partial charge is 0.462 e. The topological polar surface area (TPSA) is 55.4 Å². The summed E-state index contributed by atoms with van der Waals surface area (Å²) >= 11 is 1.32. The van der Waals surface area contributed by atoms with E-state index >= 15 is 0 Å². The molecule has 0 radical (unpaired) electrons. The molecule has 6 heteroatoms. The number of anilines is 1. The van der Waals surface area contributed by atoms with E-state index in [-0.39, 0.29) is 18.3 Å². The minimum atomic E-state index is -0.505. The zero-order chi connectivity index (χ0) is 21.7. The first-order valence-corrected chi connectivity index (χ1v) is 10.6. The van der Waals surface area contributed by atoms with Crippen LogP contribution in [0, 0.1) is 19.7 Å². The molecule has 0 bridgehead atoms. The van der Waals surface area contributed by atoms with E-state index < -0.39 is 5.97 Å². The van der Waals surface area contributed by atoms with Gasteiger partial charge in [-0.3, -0.25) is 4.79 Å². The predicted octanol–water partition coefficient (Wildman–Crippen LogP) is 5.92. The standard InChI is InChI=1S/C24H24FNO3S/c1-4-29-24(28)22-21(18-10-12-19(25)13-11-18)16(3)30-23(22)26-20(27)14-9-17-7-5-15(2)6-8-17/h5-8,10-13H,4,9,14H2,1-3H3,(H,26,27). The Morgan fingerprint density at radius 2 is 1.70 bits per heavy atom. The van der Waals surface area contributed by atoms with Crippen molar-refractivity contribution in [2.75, 3.05) is 11.9 Å². The van der Waals surface area contributed by atoms with Crippen LogP contribution in [0.4, 0.5) is 9.39 Å². The average molecular weight is 426 g/mol. The van der Waals surface area contributed by atoms with Gasteiger partial charge in [0.15, 0.2) is 0 Å². The number of nitrogens with one attached hydrogen (secondary N) is 1. The van der Waals surface area contributed by atoms with Crippen LogP contribution in [0.1, 0.15) is 39.7 Å². The van der Waals surface area contributed by atoms with Gasteiger partial charge in [-0.05, 0) is 50.5 Å². The van der Waals surface area contributed by atoms with Crippen LogP contribution in [-0.4, -0.2) is 18.5 Å². The number of benzene rings is 2. The lowest BCUT2D eigenvalue weighted by Gasteiger charge is -2.09. The van der Waals surface area contributed by atoms with Crippen LogP contribution in [0.5, 0.6) is 0 Å². The van der Waals surface area contributed by atoms with Crippen LogP contribution >= 0.6 is 11.3 Å². The van der Waals surface area contributed by atoms with Gasteiger partial charge < -0.3 is 10.1 Å². The van der Waals surface area contributed by atoms with E-state index in [1.54, 1.807) is 19.1 Å². The normalized spacial score (nSPS) is 10.7. The Kier molecular flexibility index (Phi) is 7.00. The van der Waals surface area contributed by atoms with Gasteiger partial charge in [0.25, 0.3) is 0 Å². The molecular weight excluding hydrogens is 401 g/mol. The lowest BCUT2D eigenvalue weighted by atomic mass is 10.0. The molecule has 30 heavy (non-hydrogen) atoms. The van der Waals surface area contributed by atoms with Crippen LogP contribution < -0.4 is 5.32 Å². The van der Waals surface area contributed by atoms with E-state index in [2.05, 4.69) is 5.32 Å². The van der Waals surface area contributed by atoms with Gasteiger partial charge in [0.1, 0.15) is 16.4 Å². The minimum absolute atomic E-state index is 0.173. The smallest absolute Gasteiger partial charge is 0.341 e. The summed E-state index contributed by atoms with van der Waals surface area (Å²) in [6, 6.07) is 14.0. The van der Waals surface area contributed by atoms with Crippen LogP contribution in [0.25, 0.3) is 11.1 Å². The van der Waals surface area contributed by atoms with Crippen molar-refractivity contribution in [2.45, 2.75) is 33.6 Å². The van der Waals surface area contributed by atoms with Gasteiger partial charge in [0.05, 0.1) is 6.61 Å². The van der Waals surface area contributed by atoms with Crippen LogP contribution in [-0.2, 0) is 16.0 Å². The van der Waals surface area contributed by atoms with E-state index in [9.17, 15) is 14.0 Å². The third-order valence-corrected chi connectivity index (χ3v) is 5.73. The summed E-state index contributed by atoms with van der Waals surface area (Å²) in [4.78, 5) is 26.1. The molecule has 0 aliphatic rings. The van der Waals surface area contributed by atoms with Crippen molar-refractivity contribution in [3.8, 4) is 11.1 Å². The number of esters is 1. The van der Waals surface area contributed by atoms with Crippen molar-refractivity contribution in [3.05, 3.63) is 75.9 Å². The highest BCUT2D eigenvalue weighted by molar-refractivity contribution is 7.17. The number of hydrogen-bond donors (Lipinski definition) is 1. The van der Waals surface area contributed by atoms with Gasteiger partial charge >= 0.3 is 5.97 Å². The van der Waals surface area contributed by atoms with Crippen LogP contribution in [0.2, 0.25) is 0 Å². The quantitative estimate of drug-likeness (QED) is 0.478. The van der Waals surface area contributed by atoms with Gasteiger partial charge in [0.2, 0.25) is 5.91 Å². The molecule has 1 heterocycles. The van der Waals surface area contributed by atoms with Crippen molar-refractivity contribution in [1.29, 1.82) is 0 Å². The zero-order valence-corrected chi connectivity index (χ0v) is 18.1. The Morgan fingerprint density at radius 1 is 1.03 bits per heavy atom. The van der Waals surface area contributed by atoms with E-state index in [1.807, 2.05) is 38.1 Å². The molecule has 0 aliphatic heterocycles. The third-order valence-electron chi connectivity index (χ3n) is 4.71. The number of rotatable bonds is 7. The SMILES string of the molecule is CCOC(=O)c1c(NC(=O)CCc2ccc(C)cc2)sc(C)c1-c1ccc(F)cc1.